The normalized spacial score (nSPS) is 15.1. The van der Waals surface area contributed by atoms with E-state index in [-0.39, 0.29) is 11.9 Å². The Morgan fingerprint density at radius 3 is 2.73 bits per heavy atom. The molecule has 0 amide bonds. The summed E-state index contributed by atoms with van der Waals surface area (Å²) in [5, 5.41) is 6.57. The highest BCUT2D eigenvalue weighted by molar-refractivity contribution is 5.38. The fraction of sp³-hybridized carbons (Fsp3) is 0.524. The van der Waals surface area contributed by atoms with Gasteiger partial charge in [-0.25, -0.2) is 9.97 Å². The third-order valence-electron chi connectivity index (χ3n) is 4.74. The molecule has 1 fully saturated rings. The van der Waals surface area contributed by atoms with E-state index in [1.807, 2.05) is 19.1 Å². The summed E-state index contributed by atoms with van der Waals surface area (Å²) in [5.41, 5.74) is 1.99. The van der Waals surface area contributed by atoms with Gasteiger partial charge in [0, 0.05) is 31.0 Å². The molecule has 0 bridgehead atoms. The molecule has 0 spiro atoms. The van der Waals surface area contributed by atoms with Crippen molar-refractivity contribution in [3.05, 3.63) is 47.8 Å². The summed E-state index contributed by atoms with van der Waals surface area (Å²) in [6.07, 6.45) is 0.655. The van der Waals surface area contributed by atoms with Crippen LogP contribution in [0.2, 0.25) is 0 Å². The summed E-state index contributed by atoms with van der Waals surface area (Å²) in [6.45, 7) is 3.41. The van der Waals surface area contributed by atoms with Gasteiger partial charge in [-0.05, 0) is 48.9 Å². The van der Waals surface area contributed by atoms with Crippen molar-refractivity contribution in [2.24, 2.45) is 5.92 Å². The number of hydrogen-bond donors (Lipinski definition) is 2. The molecule has 2 aromatic rings. The maximum absolute atomic E-state index is 12.1. The molecule has 1 aliphatic rings. The molecule has 2 heterocycles. The molecule has 0 radical (unpaired) electrons. The van der Waals surface area contributed by atoms with E-state index >= 15 is 0 Å². The Balaban J connectivity index is 1.40. The van der Waals surface area contributed by atoms with Crippen LogP contribution in [-0.2, 0) is 11.3 Å². The van der Waals surface area contributed by atoms with Crippen molar-refractivity contribution in [3.63, 3.8) is 0 Å². The Kier molecular flexibility index (Phi) is 7.87. The van der Waals surface area contributed by atoms with Gasteiger partial charge in [-0.2, -0.15) is 13.2 Å². The van der Waals surface area contributed by atoms with E-state index in [1.165, 1.54) is 12.8 Å². The molecule has 3 rings (SSSR count). The first-order chi connectivity index (χ1) is 14.4. The lowest BCUT2D eigenvalue weighted by molar-refractivity contribution is -0.139. The third-order valence-corrected chi connectivity index (χ3v) is 4.74. The first-order valence-corrected chi connectivity index (χ1v) is 10.0. The summed E-state index contributed by atoms with van der Waals surface area (Å²) >= 11 is 0. The van der Waals surface area contributed by atoms with E-state index in [9.17, 15) is 13.2 Å². The van der Waals surface area contributed by atoms with Crippen LogP contribution in [0.4, 0.5) is 19.0 Å². The molecule has 2 aromatic heterocycles. The van der Waals surface area contributed by atoms with Crippen LogP contribution in [0.15, 0.2) is 36.7 Å². The first-order valence-electron chi connectivity index (χ1n) is 10.0. The molecule has 2 N–H and O–H groups in total. The lowest BCUT2D eigenvalue weighted by atomic mass is 10.1. The Labute approximate surface area is 174 Å². The van der Waals surface area contributed by atoms with Crippen molar-refractivity contribution in [3.8, 4) is 5.88 Å². The second-order valence-corrected chi connectivity index (χ2v) is 7.43. The topological polar surface area (TPSA) is 68.3 Å². The number of ether oxygens (including phenoxy) is 2. The molecule has 6 nitrogen and oxygen atoms in total. The van der Waals surface area contributed by atoms with Gasteiger partial charge >= 0.3 is 6.18 Å². The zero-order chi connectivity index (χ0) is 21.4. The minimum Gasteiger partial charge on any atom is -0.477 e. The van der Waals surface area contributed by atoms with E-state index < -0.39 is 19.2 Å². The fourth-order valence-electron chi connectivity index (χ4n) is 2.71. The lowest BCUT2D eigenvalue weighted by Gasteiger charge is -2.16. The average molecular weight is 424 g/mol. The molecule has 1 saturated carbocycles. The molecule has 9 heteroatoms. The number of aromatic nitrogens is 2. The van der Waals surface area contributed by atoms with Gasteiger partial charge in [-0.1, -0.05) is 6.07 Å². The maximum atomic E-state index is 12.1. The van der Waals surface area contributed by atoms with Crippen molar-refractivity contribution >= 4 is 5.82 Å². The van der Waals surface area contributed by atoms with Gasteiger partial charge in [0.05, 0.1) is 19.6 Å². The molecule has 1 aliphatic carbocycles. The third kappa shape index (κ3) is 8.16. The van der Waals surface area contributed by atoms with Crippen LogP contribution >= 0.6 is 0 Å². The molecular formula is C21H27F3N4O2. The smallest absolute Gasteiger partial charge is 0.392 e. The van der Waals surface area contributed by atoms with Gasteiger partial charge in [-0.15, -0.1) is 0 Å². The number of hydrogen-bond acceptors (Lipinski definition) is 6. The summed E-state index contributed by atoms with van der Waals surface area (Å²) < 4.78 is 47.1. The highest BCUT2D eigenvalue weighted by Gasteiger charge is 2.26. The van der Waals surface area contributed by atoms with Gasteiger partial charge < -0.3 is 20.1 Å². The standard InChI is InChI=1S/C21H27F3N4O2/c1-15(18-6-8-25-19(10-18)28-14-29-13-16-2-3-16)26-11-17-4-5-20(27-12-17)30-9-7-21(22,23)24/h4-6,8,10,12,15-16,26H,2-3,7,9,11,13-14H2,1H3,(H,25,28). The van der Waals surface area contributed by atoms with Gasteiger partial charge in [0.25, 0.3) is 0 Å². The summed E-state index contributed by atoms with van der Waals surface area (Å²) in [6, 6.07) is 7.36. The minimum absolute atomic E-state index is 0.0728. The molecule has 0 aliphatic heterocycles. The van der Waals surface area contributed by atoms with Crippen LogP contribution in [0.1, 0.15) is 43.4 Å². The van der Waals surface area contributed by atoms with Gasteiger partial charge in [0.2, 0.25) is 5.88 Å². The van der Waals surface area contributed by atoms with Crippen LogP contribution in [0.25, 0.3) is 0 Å². The van der Waals surface area contributed by atoms with Crippen molar-refractivity contribution in [1.29, 1.82) is 0 Å². The van der Waals surface area contributed by atoms with Crippen molar-refractivity contribution in [2.75, 3.05) is 25.3 Å². The van der Waals surface area contributed by atoms with Crippen molar-refractivity contribution in [1.82, 2.24) is 15.3 Å². The second kappa shape index (κ2) is 10.6. The van der Waals surface area contributed by atoms with Crippen LogP contribution in [0, 0.1) is 5.92 Å². The molecule has 0 aromatic carbocycles. The van der Waals surface area contributed by atoms with E-state index in [4.69, 9.17) is 9.47 Å². The monoisotopic (exact) mass is 424 g/mol. The molecule has 1 atom stereocenters. The highest BCUT2D eigenvalue weighted by atomic mass is 19.4. The number of rotatable bonds is 12. The lowest BCUT2D eigenvalue weighted by Crippen LogP contribution is -2.19. The zero-order valence-electron chi connectivity index (χ0n) is 16.9. The van der Waals surface area contributed by atoms with Crippen LogP contribution in [0.5, 0.6) is 5.88 Å². The van der Waals surface area contributed by atoms with E-state index in [2.05, 4.69) is 20.6 Å². The molecule has 0 saturated heterocycles. The Morgan fingerprint density at radius 1 is 1.20 bits per heavy atom. The Morgan fingerprint density at radius 2 is 2.03 bits per heavy atom. The predicted molar refractivity (Wildman–Crippen MR) is 107 cm³/mol. The van der Waals surface area contributed by atoms with Crippen LogP contribution in [0.3, 0.4) is 0 Å². The first kappa shape index (κ1) is 22.3. The quantitative estimate of drug-likeness (QED) is 0.388. The number of halogens is 3. The number of pyridine rings is 2. The Hall–Kier alpha value is -2.39. The average Bonchev–Trinajstić information content (AvgIpc) is 3.54. The SMILES string of the molecule is CC(NCc1ccc(OCCC(F)(F)F)nc1)c1ccnc(NCOCC2CC2)c1. The summed E-state index contributed by atoms with van der Waals surface area (Å²) in [7, 11) is 0. The van der Waals surface area contributed by atoms with Crippen LogP contribution in [-0.4, -0.2) is 36.1 Å². The Bertz CT molecular complexity index is 783. The van der Waals surface area contributed by atoms with Gasteiger partial charge in [-0.3, -0.25) is 0 Å². The highest BCUT2D eigenvalue weighted by Crippen LogP contribution is 2.28. The van der Waals surface area contributed by atoms with Crippen LogP contribution < -0.4 is 15.4 Å². The zero-order valence-corrected chi connectivity index (χ0v) is 16.9. The summed E-state index contributed by atoms with van der Waals surface area (Å²) in [4.78, 5) is 8.37. The number of nitrogens with one attached hydrogen (secondary N) is 2. The number of alkyl halides is 3. The van der Waals surface area contributed by atoms with Gasteiger partial charge in [0.15, 0.2) is 0 Å². The number of nitrogens with zero attached hydrogens (tertiary/aromatic N) is 2. The van der Waals surface area contributed by atoms with E-state index in [0.717, 1.165) is 29.5 Å². The van der Waals surface area contributed by atoms with Gasteiger partial charge in [0.1, 0.15) is 12.5 Å². The van der Waals surface area contributed by atoms with E-state index in [0.29, 0.717) is 13.3 Å². The molecule has 164 valence electrons. The van der Waals surface area contributed by atoms with Crippen molar-refractivity contribution in [2.45, 2.75) is 44.9 Å². The second-order valence-electron chi connectivity index (χ2n) is 7.43. The summed E-state index contributed by atoms with van der Waals surface area (Å²) in [5.74, 6) is 1.68. The predicted octanol–water partition coefficient (Wildman–Crippen LogP) is 4.45. The molecule has 1 unspecified atom stereocenters. The minimum atomic E-state index is -4.23. The van der Waals surface area contributed by atoms with Crippen molar-refractivity contribution < 1.29 is 22.6 Å². The number of anilines is 1. The molecular weight excluding hydrogens is 397 g/mol. The van der Waals surface area contributed by atoms with E-state index in [1.54, 1.807) is 24.5 Å². The fourth-order valence-corrected chi connectivity index (χ4v) is 2.71. The largest absolute Gasteiger partial charge is 0.477 e. The maximum Gasteiger partial charge on any atom is 0.392 e. The molecule has 30 heavy (non-hydrogen) atoms.